The quantitative estimate of drug-likeness (QED) is 0.777. The summed E-state index contributed by atoms with van der Waals surface area (Å²) in [6.07, 6.45) is -0.0485. The molecular formula is C16H25NO4S. The lowest BCUT2D eigenvalue weighted by Crippen LogP contribution is -2.28. The molecular weight excluding hydrogens is 302 g/mol. The topological polar surface area (TPSA) is 72.5 Å². The summed E-state index contributed by atoms with van der Waals surface area (Å²) in [5.74, 6) is -0.479. The molecule has 0 aliphatic carbocycles. The van der Waals surface area contributed by atoms with E-state index >= 15 is 0 Å². The highest BCUT2D eigenvalue weighted by atomic mass is 32.2. The zero-order valence-corrected chi connectivity index (χ0v) is 14.5. The van der Waals surface area contributed by atoms with E-state index in [-0.39, 0.29) is 28.4 Å². The predicted octanol–water partition coefficient (Wildman–Crippen LogP) is 1.91. The van der Waals surface area contributed by atoms with Crippen molar-refractivity contribution in [2.45, 2.75) is 37.5 Å². The summed E-state index contributed by atoms with van der Waals surface area (Å²) in [4.78, 5) is 11.8. The van der Waals surface area contributed by atoms with Crippen LogP contribution < -0.4 is 5.32 Å². The molecule has 5 nitrogen and oxygen atoms in total. The Morgan fingerprint density at radius 3 is 2.27 bits per heavy atom. The molecule has 0 radical (unpaired) electrons. The summed E-state index contributed by atoms with van der Waals surface area (Å²) in [5.41, 5.74) is 1.05. The van der Waals surface area contributed by atoms with Crippen LogP contribution >= 0.6 is 0 Å². The smallest absolute Gasteiger partial charge is 0.221 e. The zero-order valence-electron chi connectivity index (χ0n) is 13.7. The summed E-state index contributed by atoms with van der Waals surface area (Å²) in [6.45, 7) is 7.00. The Labute approximate surface area is 133 Å². The molecule has 1 aromatic carbocycles. The van der Waals surface area contributed by atoms with Crippen LogP contribution in [0.2, 0.25) is 0 Å². The fraction of sp³-hybridized carbons (Fsp3) is 0.562. The maximum absolute atomic E-state index is 12.2. The molecule has 0 atom stereocenters. The van der Waals surface area contributed by atoms with Gasteiger partial charge in [0.1, 0.15) is 0 Å². The van der Waals surface area contributed by atoms with Crippen molar-refractivity contribution in [3.8, 4) is 0 Å². The van der Waals surface area contributed by atoms with Crippen molar-refractivity contribution in [2.75, 3.05) is 26.0 Å². The molecule has 0 saturated carbocycles. The van der Waals surface area contributed by atoms with Gasteiger partial charge < -0.3 is 10.1 Å². The van der Waals surface area contributed by atoms with Gasteiger partial charge in [-0.05, 0) is 23.1 Å². The first-order valence-electron chi connectivity index (χ1n) is 7.26. The minimum absolute atomic E-state index is 0.0243. The standard InChI is InChI=1S/C16H25NO4S/c1-16(2,3)13-5-7-14(8-6-13)22(19,20)12-9-15(18)17-10-11-21-4/h5-8H,9-12H2,1-4H3,(H,17,18). The van der Waals surface area contributed by atoms with E-state index in [1.807, 2.05) is 12.1 Å². The van der Waals surface area contributed by atoms with Crippen molar-refractivity contribution in [1.82, 2.24) is 5.32 Å². The monoisotopic (exact) mass is 327 g/mol. The van der Waals surface area contributed by atoms with E-state index in [9.17, 15) is 13.2 Å². The highest BCUT2D eigenvalue weighted by molar-refractivity contribution is 7.91. The highest BCUT2D eigenvalue weighted by Crippen LogP contribution is 2.23. The first-order chi connectivity index (χ1) is 10.2. The molecule has 1 aromatic rings. The molecule has 124 valence electrons. The first kappa shape index (κ1) is 18.6. The summed E-state index contributed by atoms with van der Waals surface area (Å²) < 4.78 is 29.3. The third kappa shape index (κ3) is 5.77. The van der Waals surface area contributed by atoms with Crippen molar-refractivity contribution in [3.63, 3.8) is 0 Å². The van der Waals surface area contributed by atoms with E-state index in [1.165, 1.54) is 7.11 Å². The fourth-order valence-electron chi connectivity index (χ4n) is 1.89. The van der Waals surface area contributed by atoms with Crippen LogP contribution in [0.1, 0.15) is 32.8 Å². The van der Waals surface area contributed by atoms with E-state index in [2.05, 4.69) is 26.1 Å². The Kier molecular flexibility index (Phi) is 6.56. The SMILES string of the molecule is COCCNC(=O)CCS(=O)(=O)c1ccc(C(C)(C)C)cc1. The third-order valence-corrected chi connectivity index (χ3v) is 5.04. The van der Waals surface area contributed by atoms with Crippen molar-refractivity contribution in [3.05, 3.63) is 29.8 Å². The zero-order chi connectivity index (χ0) is 16.8. The lowest BCUT2D eigenvalue weighted by Gasteiger charge is -2.19. The van der Waals surface area contributed by atoms with Gasteiger partial charge in [0.25, 0.3) is 0 Å². The molecule has 22 heavy (non-hydrogen) atoms. The number of amides is 1. The third-order valence-electron chi connectivity index (χ3n) is 3.31. The Morgan fingerprint density at radius 2 is 1.77 bits per heavy atom. The summed E-state index contributed by atoms with van der Waals surface area (Å²) >= 11 is 0. The molecule has 0 saturated heterocycles. The number of benzene rings is 1. The number of carbonyl (C=O) groups excluding carboxylic acids is 1. The summed E-state index contributed by atoms with van der Waals surface area (Å²) in [5, 5.41) is 2.61. The molecule has 0 aromatic heterocycles. The number of hydrogen-bond acceptors (Lipinski definition) is 4. The summed E-state index contributed by atoms with van der Waals surface area (Å²) in [6, 6.07) is 6.87. The van der Waals surface area contributed by atoms with Gasteiger partial charge in [-0.3, -0.25) is 4.79 Å². The van der Waals surface area contributed by atoms with Gasteiger partial charge in [-0.2, -0.15) is 0 Å². The van der Waals surface area contributed by atoms with Gasteiger partial charge in [-0.25, -0.2) is 8.42 Å². The molecule has 0 heterocycles. The average molecular weight is 327 g/mol. The molecule has 1 N–H and O–H groups in total. The van der Waals surface area contributed by atoms with Crippen LogP contribution in [0, 0.1) is 0 Å². The molecule has 0 spiro atoms. The van der Waals surface area contributed by atoms with Crippen molar-refractivity contribution in [1.29, 1.82) is 0 Å². The number of methoxy groups -OCH3 is 1. The molecule has 0 fully saturated rings. The maximum Gasteiger partial charge on any atom is 0.221 e. The Balaban J connectivity index is 2.65. The normalized spacial score (nSPS) is 12.2. The second kappa shape index (κ2) is 7.74. The van der Waals surface area contributed by atoms with E-state index < -0.39 is 9.84 Å². The molecule has 0 unspecified atom stereocenters. The van der Waals surface area contributed by atoms with Crippen molar-refractivity contribution < 1.29 is 17.9 Å². The van der Waals surface area contributed by atoms with Crippen molar-refractivity contribution >= 4 is 15.7 Å². The number of ether oxygens (including phenoxy) is 1. The minimum Gasteiger partial charge on any atom is -0.383 e. The molecule has 0 aliphatic rings. The predicted molar refractivity (Wildman–Crippen MR) is 86.7 cm³/mol. The van der Waals surface area contributed by atoms with Crippen molar-refractivity contribution in [2.24, 2.45) is 0 Å². The van der Waals surface area contributed by atoms with Crippen LogP contribution in [0.4, 0.5) is 0 Å². The molecule has 1 amide bonds. The highest BCUT2D eigenvalue weighted by Gasteiger charge is 2.18. The van der Waals surface area contributed by atoms with E-state index in [0.717, 1.165) is 5.56 Å². The van der Waals surface area contributed by atoms with Crippen LogP contribution in [0.5, 0.6) is 0 Å². The molecule has 1 rings (SSSR count). The number of hydrogen-bond donors (Lipinski definition) is 1. The Bertz CT molecular complexity index is 586. The Hall–Kier alpha value is -1.40. The van der Waals surface area contributed by atoms with Gasteiger partial charge >= 0.3 is 0 Å². The molecule has 6 heteroatoms. The largest absolute Gasteiger partial charge is 0.383 e. The number of rotatable bonds is 7. The van der Waals surface area contributed by atoms with E-state index in [4.69, 9.17) is 4.74 Å². The van der Waals surface area contributed by atoms with Gasteiger partial charge in [0.15, 0.2) is 9.84 Å². The summed E-state index contributed by atoms with van der Waals surface area (Å²) in [7, 11) is -1.90. The van der Waals surface area contributed by atoms with Crippen LogP contribution in [0.3, 0.4) is 0 Å². The van der Waals surface area contributed by atoms with Crippen LogP contribution in [-0.4, -0.2) is 40.3 Å². The van der Waals surface area contributed by atoms with Crippen LogP contribution in [-0.2, 0) is 24.8 Å². The van der Waals surface area contributed by atoms with Gasteiger partial charge in [0.2, 0.25) is 5.91 Å². The van der Waals surface area contributed by atoms with Gasteiger partial charge in [0, 0.05) is 20.1 Å². The van der Waals surface area contributed by atoms with Gasteiger partial charge in [-0.15, -0.1) is 0 Å². The fourth-order valence-corrected chi connectivity index (χ4v) is 3.13. The van der Waals surface area contributed by atoms with Gasteiger partial charge in [0.05, 0.1) is 17.3 Å². The molecule has 0 aliphatic heterocycles. The molecule has 0 bridgehead atoms. The lowest BCUT2D eigenvalue weighted by atomic mass is 9.87. The average Bonchev–Trinajstić information content (AvgIpc) is 2.45. The second-order valence-electron chi connectivity index (χ2n) is 6.19. The number of sulfone groups is 1. The first-order valence-corrected chi connectivity index (χ1v) is 8.91. The van der Waals surface area contributed by atoms with Gasteiger partial charge in [-0.1, -0.05) is 32.9 Å². The Morgan fingerprint density at radius 1 is 1.18 bits per heavy atom. The lowest BCUT2D eigenvalue weighted by molar-refractivity contribution is -0.120. The van der Waals surface area contributed by atoms with Crippen LogP contribution in [0.15, 0.2) is 29.2 Å². The number of carbonyl (C=O) groups is 1. The van der Waals surface area contributed by atoms with E-state index in [0.29, 0.717) is 13.2 Å². The number of nitrogens with one attached hydrogen (secondary N) is 1. The van der Waals surface area contributed by atoms with Crippen LogP contribution in [0.25, 0.3) is 0 Å². The maximum atomic E-state index is 12.2. The second-order valence-corrected chi connectivity index (χ2v) is 8.30. The minimum atomic E-state index is -3.44. The van der Waals surface area contributed by atoms with E-state index in [1.54, 1.807) is 12.1 Å².